The molecule has 0 spiro atoms. The van der Waals surface area contributed by atoms with E-state index in [9.17, 15) is 5.21 Å². The normalized spacial score (nSPS) is 12.0. The average Bonchev–Trinajstić information content (AvgIpc) is 2.59. The van der Waals surface area contributed by atoms with Crippen molar-refractivity contribution in [1.29, 1.82) is 0 Å². The first-order valence-electron chi connectivity index (χ1n) is 11.8. The van der Waals surface area contributed by atoms with Gasteiger partial charge in [-0.2, -0.15) is 0 Å². The van der Waals surface area contributed by atoms with Crippen molar-refractivity contribution in [3.05, 3.63) is 5.21 Å². The number of hydrogen-bond donors (Lipinski definition) is 1. The van der Waals surface area contributed by atoms with E-state index in [1.807, 2.05) is 0 Å². The summed E-state index contributed by atoms with van der Waals surface area (Å²) in [6.07, 6.45) is 23.8. The Bertz CT molecular complexity index is 263. The van der Waals surface area contributed by atoms with Crippen LogP contribution in [0.5, 0.6) is 0 Å². The first-order chi connectivity index (χ1) is 12.6. The zero-order valence-electron chi connectivity index (χ0n) is 18.5. The second-order valence-electron chi connectivity index (χ2n) is 8.70. The monoisotopic (exact) mass is 370 g/mol. The minimum absolute atomic E-state index is 0.166. The number of quaternary nitrogens is 1. The van der Waals surface area contributed by atoms with Crippen LogP contribution in [0.1, 0.15) is 116 Å². The summed E-state index contributed by atoms with van der Waals surface area (Å²) in [5, 5.41) is 14.9. The molecule has 0 heterocycles. The lowest BCUT2D eigenvalue weighted by Crippen LogP contribution is -2.34. The molecule has 0 saturated heterocycles. The molecule has 0 aliphatic rings. The standard InChI is InChI=1S/C23H50N2O/c1-4-5-6-7-8-9-10-11-12-13-14-15-16-17-18-19-21-24-22-20-23-25(2,3)26/h24H,4-23H2,1-3H3. The number of nitrogens with one attached hydrogen (secondary N) is 1. The number of nitrogens with zero attached hydrogens (tertiary/aromatic N) is 1. The third-order valence-corrected chi connectivity index (χ3v) is 5.26. The molecule has 0 amide bonds. The summed E-state index contributed by atoms with van der Waals surface area (Å²) >= 11 is 0. The molecule has 0 atom stereocenters. The van der Waals surface area contributed by atoms with Gasteiger partial charge in [0, 0.05) is 13.0 Å². The molecule has 0 unspecified atom stereocenters. The molecule has 0 aromatic rings. The highest BCUT2D eigenvalue weighted by Gasteiger charge is 2.00. The van der Waals surface area contributed by atoms with Crippen LogP contribution in [0.3, 0.4) is 0 Å². The molecular weight excluding hydrogens is 320 g/mol. The first-order valence-corrected chi connectivity index (χ1v) is 11.8. The molecule has 0 bridgehead atoms. The van der Waals surface area contributed by atoms with Crippen LogP contribution in [0.25, 0.3) is 0 Å². The summed E-state index contributed by atoms with van der Waals surface area (Å²) in [5.74, 6) is 0. The number of hydrogen-bond acceptors (Lipinski definition) is 2. The Morgan fingerprint density at radius 3 is 1.27 bits per heavy atom. The zero-order valence-corrected chi connectivity index (χ0v) is 18.5. The van der Waals surface area contributed by atoms with Gasteiger partial charge < -0.3 is 15.2 Å². The van der Waals surface area contributed by atoms with E-state index >= 15 is 0 Å². The minimum atomic E-state index is -0.166. The van der Waals surface area contributed by atoms with Gasteiger partial charge in [-0.1, -0.05) is 103 Å². The predicted octanol–water partition coefficient (Wildman–Crippen LogP) is 6.80. The van der Waals surface area contributed by atoms with Crippen molar-refractivity contribution < 1.29 is 4.65 Å². The van der Waals surface area contributed by atoms with E-state index in [0.717, 1.165) is 19.5 Å². The van der Waals surface area contributed by atoms with E-state index in [4.69, 9.17) is 0 Å². The zero-order chi connectivity index (χ0) is 19.3. The molecule has 0 radical (unpaired) electrons. The van der Waals surface area contributed by atoms with E-state index in [1.54, 1.807) is 14.1 Å². The summed E-state index contributed by atoms with van der Waals surface area (Å²) in [5.41, 5.74) is 0. The van der Waals surface area contributed by atoms with Gasteiger partial charge in [0.25, 0.3) is 0 Å². The Balaban J connectivity index is 3.01. The fraction of sp³-hybridized carbons (Fsp3) is 1.00. The third-order valence-electron chi connectivity index (χ3n) is 5.26. The molecule has 0 saturated carbocycles. The lowest BCUT2D eigenvalue weighted by molar-refractivity contribution is -0.840. The van der Waals surface area contributed by atoms with Crippen molar-refractivity contribution >= 4 is 0 Å². The Morgan fingerprint density at radius 2 is 0.885 bits per heavy atom. The molecule has 0 rings (SSSR count). The van der Waals surface area contributed by atoms with E-state index in [-0.39, 0.29) is 4.65 Å². The Morgan fingerprint density at radius 1 is 0.538 bits per heavy atom. The van der Waals surface area contributed by atoms with E-state index in [2.05, 4.69) is 12.2 Å². The SMILES string of the molecule is CCCCCCCCCCCCCCCCCCNCCC[N+](C)(C)[O-]. The molecule has 1 N–H and O–H groups in total. The second-order valence-corrected chi connectivity index (χ2v) is 8.70. The maximum atomic E-state index is 11.4. The summed E-state index contributed by atoms with van der Waals surface area (Å²) in [7, 11) is 3.44. The van der Waals surface area contributed by atoms with Gasteiger partial charge in [0.05, 0.1) is 20.6 Å². The van der Waals surface area contributed by atoms with Gasteiger partial charge in [0.1, 0.15) is 0 Å². The summed E-state index contributed by atoms with van der Waals surface area (Å²) in [6.45, 7) is 5.11. The fourth-order valence-electron chi connectivity index (χ4n) is 3.51. The maximum absolute atomic E-state index is 11.4. The van der Waals surface area contributed by atoms with Crippen LogP contribution in [0.15, 0.2) is 0 Å². The Hall–Kier alpha value is -0.120. The van der Waals surface area contributed by atoms with Gasteiger partial charge in [0.2, 0.25) is 0 Å². The lowest BCUT2D eigenvalue weighted by Gasteiger charge is -2.33. The predicted molar refractivity (Wildman–Crippen MR) is 117 cm³/mol. The van der Waals surface area contributed by atoms with E-state index in [0.29, 0.717) is 6.54 Å². The molecular formula is C23H50N2O. The Kier molecular flexibility index (Phi) is 19.5. The number of unbranched alkanes of at least 4 members (excludes halogenated alkanes) is 15. The summed E-state index contributed by atoms with van der Waals surface area (Å²) in [6, 6.07) is 0. The summed E-state index contributed by atoms with van der Waals surface area (Å²) < 4.78 is -0.166. The van der Waals surface area contributed by atoms with Crippen molar-refractivity contribution in [2.45, 2.75) is 116 Å². The van der Waals surface area contributed by atoms with Crippen molar-refractivity contribution in [3.63, 3.8) is 0 Å². The van der Waals surface area contributed by atoms with E-state index in [1.165, 1.54) is 103 Å². The van der Waals surface area contributed by atoms with Crippen molar-refractivity contribution in [2.24, 2.45) is 0 Å². The van der Waals surface area contributed by atoms with Crippen LogP contribution in [0.4, 0.5) is 0 Å². The fourth-order valence-corrected chi connectivity index (χ4v) is 3.51. The highest BCUT2D eigenvalue weighted by Crippen LogP contribution is 2.13. The highest BCUT2D eigenvalue weighted by atomic mass is 16.5. The van der Waals surface area contributed by atoms with Crippen LogP contribution >= 0.6 is 0 Å². The highest BCUT2D eigenvalue weighted by molar-refractivity contribution is 4.52. The van der Waals surface area contributed by atoms with Gasteiger partial charge in [-0.15, -0.1) is 0 Å². The minimum Gasteiger partial charge on any atom is -0.633 e. The van der Waals surface area contributed by atoms with Gasteiger partial charge in [-0.05, 0) is 13.0 Å². The quantitative estimate of drug-likeness (QED) is 0.137. The third kappa shape index (κ3) is 23.9. The van der Waals surface area contributed by atoms with Crippen LogP contribution in [0.2, 0.25) is 0 Å². The topological polar surface area (TPSA) is 35.1 Å². The van der Waals surface area contributed by atoms with Crippen molar-refractivity contribution in [3.8, 4) is 0 Å². The first kappa shape index (κ1) is 25.9. The molecule has 0 aromatic heterocycles. The van der Waals surface area contributed by atoms with Gasteiger partial charge in [-0.25, -0.2) is 0 Å². The van der Waals surface area contributed by atoms with Crippen molar-refractivity contribution in [1.82, 2.24) is 5.32 Å². The van der Waals surface area contributed by atoms with Crippen LogP contribution in [-0.2, 0) is 0 Å². The van der Waals surface area contributed by atoms with Gasteiger partial charge in [0.15, 0.2) is 0 Å². The molecule has 0 aliphatic heterocycles. The molecule has 158 valence electrons. The number of hydroxylamine groups is 3. The molecule has 3 nitrogen and oxygen atoms in total. The van der Waals surface area contributed by atoms with E-state index < -0.39 is 0 Å². The molecule has 0 fully saturated rings. The largest absolute Gasteiger partial charge is 0.633 e. The van der Waals surface area contributed by atoms with Crippen LogP contribution in [0, 0.1) is 5.21 Å². The van der Waals surface area contributed by atoms with Gasteiger partial charge in [-0.3, -0.25) is 0 Å². The smallest absolute Gasteiger partial charge is 0.0792 e. The van der Waals surface area contributed by atoms with Crippen molar-refractivity contribution in [2.75, 3.05) is 33.7 Å². The number of rotatable bonds is 21. The Labute approximate surface area is 165 Å². The average molecular weight is 371 g/mol. The second kappa shape index (κ2) is 19.6. The lowest BCUT2D eigenvalue weighted by atomic mass is 10.0. The summed E-state index contributed by atoms with van der Waals surface area (Å²) in [4.78, 5) is 0. The molecule has 0 aromatic carbocycles. The van der Waals surface area contributed by atoms with Crippen LogP contribution < -0.4 is 5.32 Å². The molecule has 3 heteroatoms. The van der Waals surface area contributed by atoms with Crippen LogP contribution in [-0.4, -0.2) is 38.4 Å². The molecule has 26 heavy (non-hydrogen) atoms. The molecule has 0 aliphatic carbocycles. The maximum Gasteiger partial charge on any atom is 0.0792 e. The van der Waals surface area contributed by atoms with Gasteiger partial charge >= 0.3 is 0 Å².